The fourth-order valence-electron chi connectivity index (χ4n) is 3.34. The van der Waals surface area contributed by atoms with E-state index in [9.17, 15) is 18.0 Å². The molecular formula is C26H26ClNO5S. The first kappa shape index (κ1) is 25.5. The fraction of sp³-hybridized carbons (Fsp3) is 0.231. The molecule has 0 atom stereocenters. The minimum Gasteiger partial charge on any atom is -0.460 e. The highest BCUT2D eigenvalue weighted by Crippen LogP contribution is 2.28. The topological polar surface area (TPSA) is 89.5 Å². The van der Waals surface area contributed by atoms with Crippen LogP contribution in [0, 0.1) is 0 Å². The van der Waals surface area contributed by atoms with Gasteiger partial charge in [-0.25, -0.2) is 8.42 Å². The molecule has 0 unspecified atom stereocenters. The van der Waals surface area contributed by atoms with E-state index >= 15 is 0 Å². The maximum absolute atomic E-state index is 13.3. The molecule has 0 spiro atoms. The summed E-state index contributed by atoms with van der Waals surface area (Å²) in [5.74, 6) is -0.911. The van der Waals surface area contributed by atoms with Crippen LogP contribution in [0.4, 0.5) is 5.69 Å². The third-order valence-electron chi connectivity index (χ3n) is 4.80. The Kier molecular flexibility index (Phi) is 7.79. The Morgan fingerprint density at radius 3 is 2.00 bits per heavy atom. The Morgan fingerprint density at radius 1 is 0.882 bits per heavy atom. The van der Waals surface area contributed by atoms with Gasteiger partial charge in [-0.1, -0.05) is 42.5 Å². The number of esters is 1. The van der Waals surface area contributed by atoms with Crippen molar-refractivity contribution in [1.29, 1.82) is 0 Å². The zero-order chi connectivity index (χ0) is 24.9. The van der Waals surface area contributed by atoms with E-state index in [2.05, 4.69) is 5.32 Å². The van der Waals surface area contributed by atoms with Crippen molar-refractivity contribution < 1.29 is 22.7 Å². The SMILES string of the molecule is CC(C)(C)OC(=O)Cc1ccccc1S(=O)(=O)c1ccc(-c2ccc(NC(=O)CCl)cc2)cc1. The molecule has 3 rings (SSSR count). The lowest BCUT2D eigenvalue weighted by atomic mass is 10.1. The van der Waals surface area contributed by atoms with Crippen molar-refractivity contribution in [3.05, 3.63) is 78.4 Å². The van der Waals surface area contributed by atoms with E-state index in [-0.39, 0.29) is 28.0 Å². The fourth-order valence-corrected chi connectivity index (χ4v) is 4.90. The number of nitrogens with one attached hydrogen (secondary N) is 1. The highest BCUT2D eigenvalue weighted by Gasteiger charge is 2.24. The van der Waals surface area contributed by atoms with E-state index in [0.29, 0.717) is 11.3 Å². The third kappa shape index (κ3) is 6.46. The molecule has 0 radical (unpaired) electrons. The molecule has 1 amide bonds. The van der Waals surface area contributed by atoms with Crippen molar-refractivity contribution in [2.45, 2.75) is 42.6 Å². The molecule has 0 bridgehead atoms. The molecule has 6 nitrogen and oxygen atoms in total. The van der Waals surface area contributed by atoms with Gasteiger partial charge in [0.05, 0.1) is 16.2 Å². The first-order chi connectivity index (χ1) is 16.0. The van der Waals surface area contributed by atoms with Crippen molar-refractivity contribution in [3.63, 3.8) is 0 Å². The van der Waals surface area contributed by atoms with Crippen LogP contribution in [-0.4, -0.2) is 31.8 Å². The lowest BCUT2D eigenvalue weighted by molar-refractivity contribution is -0.153. The number of hydrogen-bond donors (Lipinski definition) is 1. The van der Waals surface area contributed by atoms with Crippen LogP contribution in [0.2, 0.25) is 0 Å². The number of rotatable bonds is 7. The second kappa shape index (κ2) is 10.4. The van der Waals surface area contributed by atoms with Crippen LogP contribution in [0.25, 0.3) is 11.1 Å². The summed E-state index contributed by atoms with van der Waals surface area (Å²) in [6.07, 6.45) is -0.142. The molecule has 3 aromatic rings. The molecule has 0 aliphatic rings. The molecule has 0 aliphatic carbocycles. The zero-order valence-electron chi connectivity index (χ0n) is 19.2. The smallest absolute Gasteiger partial charge is 0.310 e. The van der Waals surface area contributed by atoms with Gasteiger partial charge in [0.1, 0.15) is 11.5 Å². The van der Waals surface area contributed by atoms with Gasteiger partial charge in [0.15, 0.2) is 0 Å². The van der Waals surface area contributed by atoms with Gasteiger partial charge in [0.25, 0.3) is 0 Å². The summed E-state index contributed by atoms with van der Waals surface area (Å²) in [5, 5.41) is 2.67. The van der Waals surface area contributed by atoms with Crippen LogP contribution >= 0.6 is 11.6 Å². The number of hydrogen-bond acceptors (Lipinski definition) is 5. The molecule has 0 saturated carbocycles. The van der Waals surface area contributed by atoms with Gasteiger partial charge < -0.3 is 10.1 Å². The van der Waals surface area contributed by atoms with E-state index in [1.54, 1.807) is 63.2 Å². The quantitative estimate of drug-likeness (QED) is 0.354. The van der Waals surface area contributed by atoms with Gasteiger partial charge in [0.2, 0.25) is 15.7 Å². The third-order valence-corrected chi connectivity index (χ3v) is 6.92. The van der Waals surface area contributed by atoms with Gasteiger partial charge in [-0.05, 0) is 67.8 Å². The van der Waals surface area contributed by atoms with Crippen LogP contribution in [0.3, 0.4) is 0 Å². The van der Waals surface area contributed by atoms with E-state index in [0.717, 1.165) is 11.1 Å². The Balaban J connectivity index is 1.83. The van der Waals surface area contributed by atoms with Crippen LogP contribution in [-0.2, 0) is 30.6 Å². The Morgan fingerprint density at radius 2 is 1.44 bits per heavy atom. The summed E-state index contributed by atoms with van der Waals surface area (Å²) in [6.45, 7) is 5.29. The van der Waals surface area contributed by atoms with Gasteiger partial charge in [0, 0.05) is 5.69 Å². The molecule has 3 aromatic carbocycles. The lowest BCUT2D eigenvalue weighted by Crippen LogP contribution is -2.25. The summed E-state index contributed by atoms with van der Waals surface area (Å²) in [4.78, 5) is 23.9. The molecule has 0 saturated heterocycles. The summed E-state index contributed by atoms with van der Waals surface area (Å²) in [5.41, 5.74) is 2.02. The van der Waals surface area contributed by atoms with Gasteiger partial charge in [-0.15, -0.1) is 11.6 Å². The van der Waals surface area contributed by atoms with Crippen molar-refractivity contribution in [1.82, 2.24) is 0 Å². The second-order valence-electron chi connectivity index (χ2n) is 8.66. The molecule has 8 heteroatoms. The molecule has 0 fully saturated rings. The van der Waals surface area contributed by atoms with Crippen molar-refractivity contribution >= 4 is 39.0 Å². The molecule has 34 heavy (non-hydrogen) atoms. The summed E-state index contributed by atoms with van der Waals surface area (Å²) >= 11 is 5.50. The highest BCUT2D eigenvalue weighted by atomic mass is 35.5. The monoisotopic (exact) mass is 499 g/mol. The average Bonchev–Trinajstić information content (AvgIpc) is 2.78. The van der Waals surface area contributed by atoms with Crippen molar-refractivity contribution in [2.75, 3.05) is 11.2 Å². The maximum atomic E-state index is 13.3. The Labute approximate surface area is 204 Å². The normalized spacial score (nSPS) is 11.6. The number of amides is 1. The molecule has 178 valence electrons. The van der Waals surface area contributed by atoms with Crippen LogP contribution in [0.5, 0.6) is 0 Å². The number of carbonyl (C=O) groups is 2. The zero-order valence-corrected chi connectivity index (χ0v) is 20.7. The van der Waals surface area contributed by atoms with E-state index < -0.39 is 21.4 Å². The van der Waals surface area contributed by atoms with E-state index in [1.807, 2.05) is 12.1 Å². The maximum Gasteiger partial charge on any atom is 0.310 e. The molecule has 0 heterocycles. The number of sulfone groups is 1. The Hall–Kier alpha value is -3.16. The number of halogens is 1. The molecule has 1 N–H and O–H groups in total. The number of benzene rings is 3. The minimum atomic E-state index is -3.85. The second-order valence-corrected chi connectivity index (χ2v) is 10.8. The lowest BCUT2D eigenvalue weighted by Gasteiger charge is -2.20. The van der Waals surface area contributed by atoms with E-state index in [1.165, 1.54) is 18.2 Å². The predicted molar refractivity (Wildman–Crippen MR) is 133 cm³/mol. The van der Waals surface area contributed by atoms with Gasteiger partial charge in [-0.2, -0.15) is 0 Å². The predicted octanol–water partition coefficient (Wildman–Crippen LogP) is 5.25. The van der Waals surface area contributed by atoms with Crippen LogP contribution < -0.4 is 5.32 Å². The van der Waals surface area contributed by atoms with Gasteiger partial charge in [-0.3, -0.25) is 9.59 Å². The molecule has 0 aliphatic heterocycles. The number of carbonyl (C=O) groups excluding carboxylic acids is 2. The van der Waals surface area contributed by atoms with E-state index in [4.69, 9.17) is 16.3 Å². The van der Waals surface area contributed by atoms with Gasteiger partial charge >= 0.3 is 5.97 Å². The summed E-state index contributed by atoms with van der Waals surface area (Å²) in [6, 6.07) is 20.1. The summed E-state index contributed by atoms with van der Waals surface area (Å²) in [7, 11) is -3.85. The first-order valence-electron chi connectivity index (χ1n) is 10.6. The minimum absolute atomic E-state index is 0.0768. The van der Waals surface area contributed by atoms with Crippen LogP contribution in [0.15, 0.2) is 82.6 Å². The Bertz CT molecular complexity index is 1280. The van der Waals surface area contributed by atoms with Crippen LogP contribution in [0.1, 0.15) is 26.3 Å². The largest absolute Gasteiger partial charge is 0.460 e. The molecular weight excluding hydrogens is 474 g/mol. The average molecular weight is 500 g/mol. The number of ether oxygens (including phenoxy) is 1. The molecule has 0 aromatic heterocycles. The summed E-state index contributed by atoms with van der Waals surface area (Å²) < 4.78 is 32.0. The standard InChI is InChI=1S/C26H26ClNO5S/c1-26(2,3)33-25(30)16-20-6-4-5-7-23(20)34(31,32)22-14-10-19(11-15-22)18-8-12-21(13-9-18)28-24(29)17-27/h4-15H,16-17H2,1-3H3,(H,28,29). The first-order valence-corrected chi connectivity index (χ1v) is 12.6. The van der Waals surface area contributed by atoms with Crippen molar-refractivity contribution in [2.24, 2.45) is 0 Å². The number of anilines is 1. The number of alkyl halides is 1. The highest BCUT2D eigenvalue weighted by molar-refractivity contribution is 7.91. The van der Waals surface area contributed by atoms with Crippen molar-refractivity contribution in [3.8, 4) is 11.1 Å².